The number of carbonyl (C=O) groups excluding carboxylic acids is 1. The van der Waals surface area contributed by atoms with Crippen LogP contribution in [0.4, 0.5) is 18.9 Å². The second kappa shape index (κ2) is 8.86. The number of hydrogen-bond acceptors (Lipinski definition) is 5. The van der Waals surface area contributed by atoms with E-state index >= 15 is 0 Å². The summed E-state index contributed by atoms with van der Waals surface area (Å²) in [5.41, 5.74) is -0.765. The topological polar surface area (TPSA) is 118 Å². The number of esters is 1. The molecule has 11 heteroatoms. The van der Waals surface area contributed by atoms with Gasteiger partial charge in [0, 0.05) is 41.8 Å². The molecule has 0 saturated carbocycles. The van der Waals surface area contributed by atoms with Gasteiger partial charge in [-0.05, 0) is 17.2 Å². The number of H-pyrrole nitrogens is 2. The van der Waals surface area contributed by atoms with Gasteiger partial charge in [0.15, 0.2) is 11.6 Å². The lowest BCUT2D eigenvalue weighted by molar-refractivity contribution is -0.384. The molecule has 0 unspecified atom stereocenters. The first kappa shape index (κ1) is 21.8. The van der Waals surface area contributed by atoms with Crippen molar-refractivity contribution in [2.24, 2.45) is 0 Å². The van der Waals surface area contributed by atoms with E-state index < -0.39 is 39.8 Å². The second-order valence-corrected chi connectivity index (χ2v) is 6.69. The van der Waals surface area contributed by atoms with E-state index in [1.54, 1.807) is 0 Å². The number of nitrogens with zero attached hydrogens (tertiary/aromatic N) is 1. The monoisotopic (exact) mass is 435 g/mol. The van der Waals surface area contributed by atoms with Crippen molar-refractivity contribution in [2.75, 3.05) is 7.11 Å². The molecule has 162 valence electrons. The zero-order valence-electron chi connectivity index (χ0n) is 16.1. The number of nitrogens with one attached hydrogen (secondary N) is 2. The van der Waals surface area contributed by atoms with Crippen LogP contribution in [0.25, 0.3) is 0 Å². The van der Waals surface area contributed by atoms with Crippen LogP contribution in [-0.2, 0) is 16.0 Å². The van der Waals surface area contributed by atoms with Gasteiger partial charge in [-0.1, -0.05) is 12.1 Å². The van der Waals surface area contributed by atoms with Crippen molar-refractivity contribution in [3.05, 3.63) is 96.7 Å². The molecule has 0 bridgehead atoms. The molecule has 0 amide bonds. The average Bonchev–Trinajstić information content (AvgIpc) is 3.09. The van der Waals surface area contributed by atoms with E-state index in [4.69, 9.17) is 0 Å². The van der Waals surface area contributed by atoms with Crippen LogP contribution < -0.4 is 5.56 Å². The van der Waals surface area contributed by atoms with Crippen molar-refractivity contribution < 1.29 is 27.6 Å². The highest BCUT2D eigenvalue weighted by Gasteiger charge is 2.27. The summed E-state index contributed by atoms with van der Waals surface area (Å²) >= 11 is 0. The smallest absolute Gasteiger partial charge is 0.306 e. The van der Waals surface area contributed by atoms with Gasteiger partial charge in [-0.2, -0.15) is 0 Å². The maximum Gasteiger partial charge on any atom is 0.306 e. The Morgan fingerprint density at radius 3 is 2.52 bits per heavy atom. The van der Waals surface area contributed by atoms with Crippen LogP contribution in [0.1, 0.15) is 34.7 Å². The van der Waals surface area contributed by atoms with E-state index in [2.05, 4.69) is 14.9 Å². The van der Waals surface area contributed by atoms with Crippen LogP contribution in [0.2, 0.25) is 0 Å². The molecule has 1 aromatic heterocycles. The molecule has 2 N–H and O–H groups in total. The molecule has 8 nitrogen and oxygen atoms in total. The normalized spacial score (nSPS) is 11.9. The molecule has 31 heavy (non-hydrogen) atoms. The molecular formula is C20H16F3N3O5. The number of carbonyl (C=O) groups is 1. The summed E-state index contributed by atoms with van der Waals surface area (Å²) in [7, 11) is 1.14. The van der Waals surface area contributed by atoms with Gasteiger partial charge in [-0.15, -0.1) is 0 Å². The van der Waals surface area contributed by atoms with Gasteiger partial charge in [-0.3, -0.25) is 24.8 Å². The summed E-state index contributed by atoms with van der Waals surface area (Å²) in [4.78, 5) is 35.1. The maximum absolute atomic E-state index is 14.1. The van der Waals surface area contributed by atoms with Crippen LogP contribution in [0.3, 0.4) is 0 Å². The summed E-state index contributed by atoms with van der Waals surface area (Å²) in [6.45, 7) is 0. The molecule has 0 spiro atoms. The predicted molar refractivity (Wildman–Crippen MR) is 102 cm³/mol. The first-order chi connectivity index (χ1) is 14.7. The fourth-order valence-electron chi connectivity index (χ4n) is 3.29. The number of aromatic amines is 2. The molecule has 0 radical (unpaired) electrons. The zero-order valence-corrected chi connectivity index (χ0v) is 16.1. The number of rotatable bonds is 7. The predicted octanol–water partition coefficient (Wildman–Crippen LogP) is 3.31. The number of non-ortho nitro benzene ring substituents is 1. The minimum absolute atomic E-state index is 0.00460. The molecule has 0 aliphatic rings. The largest absolute Gasteiger partial charge is 0.469 e. The minimum atomic E-state index is -1.36. The third-order valence-corrected chi connectivity index (χ3v) is 4.78. The molecule has 0 fully saturated rings. The van der Waals surface area contributed by atoms with Crippen molar-refractivity contribution in [3.8, 4) is 0 Å². The van der Waals surface area contributed by atoms with Gasteiger partial charge in [0.05, 0.1) is 18.5 Å². The van der Waals surface area contributed by atoms with E-state index in [0.717, 1.165) is 7.11 Å². The fourth-order valence-corrected chi connectivity index (χ4v) is 3.29. The Morgan fingerprint density at radius 2 is 1.84 bits per heavy atom. The molecule has 2 aromatic carbocycles. The van der Waals surface area contributed by atoms with Gasteiger partial charge in [0.25, 0.3) is 11.2 Å². The maximum atomic E-state index is 14.1. The Bertz CT molecular complexity index is 1210. The first-order valence-electron chi connectivity index (χ1n) is 8.95. The van der Waals surface area contributed by atoms with Crippen LogP contribution >= 0.6 is 0 Å². The van der Waals surface area contributed by atoms with Gasteiger partial charge in [-0.25, -0.2) is 13.2 Å². The van der Waals surface area contributed by atoms with Gasteiger partial charge in [0.1, 0.15) is 5.82 Å². The molecular weight excluding hydrogens is 419 g/mol. The number of benzene rings is 2. The van der Waals surface area contributed by atoms with E-state index in [1.165, 1.54) is 24.3 Å². The van der Waals surface area contributed by atoms with Crippen molar-refractivity contribution in [2.45, 2.75) is 18.8 Å². The quantitative estimate of drug-likeness (QED) is 0.256. The van der Waals surface area contributed by atoms with Crippen molar-refractivity contribution in [1.82, 2.24) is 10.2 Å². The van der Waals surface area contributed by atoms with Crippen molar-refractivity contribution >= 4 is 11.7 Å². The number of nitro groups is 1. The molecule has 0 aliphatic carbocycles. The standard InChI is InChI=1S/C20H16F3N3O5/c1-31-18(27)8-13(10-3-2-4-12(5-10)26(29)30)19-17(24-25-20(19)28)7-11-6-15(22)16(23)9-14(11)21/h2-6,9,13H,7-8H2,1H3,(H2,24,25,28)/t13-/m0/s1. The molecule has 0 aliphatic heterocycles. The summed E-state index contributed by atoms with van der Waals surface area (Å²) in [6, 6.07) is 6.41. The van der Waals surface area contributed by atoms with E-state index in [-0.39, 0.29) is 40.9 Å². The third kappa shape index (κ3) is 4.65. The Labute approximate surface area is 172 Å². The molecule has 0 saturated heterocycles. The van der Waals surface area contributed by atoms with E-state index in [1.807, 2.05) is 0 Å². The Balaban J connectivity index is 2.11. The lowest BCUT2D eigenvalue weighted by atomic mass is 9.87. The van der Waals surface area contributed by atoms with Crippen molar-refractivity contribution in [1.29, 1.82) is 0 Å². The van der Waals surface area contributed by atoms with E-state index in [0.29, 0.717) is 12.1 Å². The summed E-state index contributed by atoms with van der Waals surface area (Å²) in [6.07, 6.45) is -0.671. The number of nitro benzene ring substituents is 1. The molecule has 3 rings (SSSR count). The number of halogens is 3. The van der Waals surface area contributed by atoms with Crippen LogP contribution in [-0.4, -0.2) is 28.2 Å². The highest BCUT2D eigenvalue weighted by Crippen LogP contribution is 2.31. The van der Waals surface area contributed by atoms with Gasteiger partial charge >= 0.3 is 5.97 Å². The average molecular weight is 435 g/mol. The number of methoxy groups -OCH3 is 1. The Kier molecular flexibility index (Phi) is 6.23. The number of aromatic nitrogens is 2. The van der Waals surface area contributed by atoms with Crippen LogP contribution in [0.15, 0.2) is 41.2 Å². The first-order valence-corrected chi connectivity index (χ1v) is 8.95. The number of hydrogen-bond donors (Lipinski definition) is 2. The van der Waals surface area contributed by atoms with Gasteiger partial charge in [0.2, 0.25) is 0 Å². The third-order valence-electron chi connectivity index (χ3n) is 4.78. The molecule has 1 heterocycles. The lowest BCUT2D eigenvalue weighted by Crippen LogP contribution is -2.18. The van der Waals surface area contributed by atoms with E-state index in [9.17, 15) is 32.9 Å². The Morgan fingerprint density at radius 1 is 1.13 bits per heavy atom. The highest BCUT2D eigenvalue weighted by atomic mass is 19.2. The highest BCUT2D eigenvalue weighted by molar-refractivity contribution is 5.71. The minimum Gasteiger partial charge on any atom is -0.469 e. The molecule has 3 aromatic rings. The fraction of sp³-hybridized carbons (Fsp3) is 0.200. The summed E-state index contributed by atoms with van der Waals surface area (Å²) in [5.74, 6) is -5.32. The lowest BCUT2D eigenvalue weighted by Gasteiger charge is -2.16. The number of ether oxygens (including phenoxy) is 1. The van der Waals surface area contributed by atoms with Gasteiger partial charge < -0.3 is 9.84 Å². The SMILES string of the molecule is COC(=O)C[C@@H](c1cccc([N+](=O)[O-])c1)c1c(Cc2cc(F)c(F)cc2F)[nH][nH]c1=O. The summed E-state index contributed by atoms with van der Waals surface area (Å²) in [5, 5.41) is 16.0. The second-order valence-electron chi connectivity index (χ2n) is 6.69. The van der Waals surface area contributed by atoms with Crippen LogP contribution in [0.5, 0.6) is 0 Å². The Hall–Kier alpha value is -3.89. The zero-order chi connectivity index (χ0) is 22.7. The molecule has 1 atom stereocenters. The summed E-state index contributed by atoms with van der Waals surface area (Å²) < 4.78 is 45.6. The van der Waals surface area contributed by atoms with Crippen molar-refractivity contribution in [3.63, 3.8) is 0 Å². The van der Waals surface area contributed by atoms with Crippen LogP contribution in [0, 0.1) is 27.6 Å².